The van der Waals surface area contributed by atoms with Gasteiger partial charge in [-0.1, -0.05) is 29.8 Å². The van der Waals surface area contributed by atoms with E-state index in [1.807, 2.05) is 7.05 Å². The van der Waals surface area contributed by atoms with E-state index in [1.165, 1.54) is 11.1 Å². The van der Waals surface area contributed by atoms with Gasteiger partial charge in [0.25, 0.3) is 0 Å². The molecule has 1 N–H and O–H groups in total. The Kier molecular flexibility index (Phi) is 5.16. The number of hydrogen-bond donors (Lipinski definition) is 1. The van der Waals surface area contributed by atoms with E-state index in [4.69, 9.17) is 0 Å². The van der Waals surface area contributed by atoms with E-state index in [0.29, 0.717) is 0 Å². The molecule has 2 nitrogen and oxygen atoms in total. The van der Waals surface area contributed by atoms with Gasteiger partial charge in [0.2, 0.25) is 0 Å². The second-order valence-corrected chi connectivity index (χ2v) is 5.61. The molecule has 0 aliphatic carbocycles. The van der Waals surface area contributed by atoms with Crippen LogP contribution in [0.5, 0.6) is 0 Å². The molecule has 0 amide bonds. The molecule has 0 saturated carbocycles. The SMILES string of the molecule is CNC(C)(C)CN(C)CCc1cccc(C)c1. The molecule has 0 radical (unpaired) electrons. The number of likely N-dealkylation sites (N-methyl/N-ethyl adjacent to an activating group) is 2. The van der Waals surface area contributed by atoms with Crippen molar-refractivity contribution in [3.8, 4) is 0 Å². The zero-order valence-electron chi connectivity index (χ0n) is 11.9. The quantitative estimate of drug-likeness (QED) is 0.813. The minimum absolute atomic E-state index is 0.182. The molecule has 0 aliphatic heterocycles. The van der Waals surface area contributed by atoms with Gasteiger partial charge in [-0.2, -0.15) is 0 Å². The topological polar surface area (TPSA) is 15.3 Å². The van der Waals surface area contributed by atoms with Gasteiger partial charge in [0.1, 0.15) is 0 Å². The number of nitrogens with zero attached hydrogens (tertiary/aromatic N) is 1. The number of benzene rings is 1. The molecule has 0 aliphatic rings. The first kappa shape index (κ1) is 14.2. The molecule has 0 heterocycles. The first-order chi connectivity index (χ1) is 7.93. The Bertz CT molecular complexity index is 345. The van der Waals surface area contributed by atoms with Crippen LogP contribution < -0.4 is 5.32 Å². The fourth-order valence-electron chi connectivity index (χ4n) is 2.02. The third kappa shape index (κ3) is 5.33. The molecular formula is C15H26N2. The van der Waals surface area contributed by atoms with Crippen LogP contribution in [0.2, 0.25) is 0 Å². The summed E-state index contributed by atoms with van der Waals surface area (Å²) >= 11 is 0. The van der Waals surface area contributed by atoms with Gasteiger partial charge in [0.15, 0.2) is 0 Å². The summed E-state index contributed by atoms with van der Waals surface area (Å²) in [6, 6.07) is 8.78. The van der Waals surface area contributed by atoms with Crippen molar-refractivity contribution in [1.82, 2.24) is 10.2 Å². The number of rotatable bonds is 6. The number of nitrogens with one attached hydrogen (secondary N) is 1. The predicted octanol–water partition coefficient (Wildman–Crippen LogP) is 2.47. The van der Waals surface area contributed by atoms with Crippen molar-refractivity contribution >= 4 is 0 Å². The van der Waals surface area contributed by atoms with Crippen molar-refractivity contribution in [2.75, 3.05) is 27.2 Å². The first-order valence-corrected chi connectivity index (χ1v) is 6.36. The lowest BCUT2D eigenvalue weighted by Crippen LogP contribution is -2.46. The summed E-state index contributed by atoms with van der Waals surface area (Å²) in [5.41, 5.74) is 2.96. The molecule has 0 spiro atoms. The van der Waals surface area contributed by atoms with E-state index < -0.39 is 0 Å². The number of hydrogen-bond acceptors (Lipinski definition) is 2. The van der Waals surface area contributed by atoms with Gasteiger partial charge in [-0.15, -0.1) is 0 Å². The van der Waals surface area contributed by atoms with Crippen LogP contribution in [0.1, 0.15) is 25.0 Å². The van der Waals surface area contributed by atoms with Crippen molar-refractivity contribution in [3.63, 3.8) is 0 Å². The molecule has 0 bridgehead atoms. The van der Waals surface area contributed by atoms with Gasteiger partial charge in [0.05, 0.1) is 0 Å². The van der Waals surface area contributed by atoms with Gasteiger partial charge >= 0.3 is 0 Å². The highest BCUT2D eigenvalue weighted by Crippen LogP contribution is 2.07. The third-order valence-electron chi connectivity index (χ3n) is 3.21. The van der Waals surface area contributed by atoms with Gasteiger partial charge in [0, 0.05) is 18.6 Å². The molecule has 0 atom stereocenters. The Labute approximate surface area is 106 Å². The lowest BCUT2D eigenvalue weighted by Gasteiger charge is -2.30. The van der Waals surface area contributed by atoms with Crippen molar-refractivity contribution in [2.24, 2.45) is 0 Å². The molecule has 0 fully saturated rings. The Hall–Kier alpha value is -0.860. The maximum Gasteiger partial charge on any atom is 0.0249 e. The van der Waals surface area contributed by atoms with Crippen molar-refractivity contribution in [2.45, 2.75) is 32.7 Å². The second-order valence-electron chi connectivity index (χ2n) is 5.61. The zero-order valence-corrected chi connectivity index (χ0v) is 11.9. The Balaban J connectivity index is 2.40. The van der Waals surface area contributed by atoms with Crippen molar-refractivity contribution in [3.05, 3.63) is 35.4 Å². The van der Waals surface area contributed by atoms with E-state index in [9.17, 15) is 0 Å². The van der Waals surface area contributed by atoms with Gasteiger partial charge in [-0.25, -0.2) is 0 Å². The molecule has 2 heteroatoms. The fourth-order valence-corrected chi connectivity index (χ4v) is 2.02. The summed E-state index contributed by atoms with van der Waals surface area (Å²) in [7, 11) is 4.21. The Morgan fingerprint density at radius 1 is 1.29 bits per heavy atom. The average molecular weight is 234 g/mol. The second kappa shape index (κ2) is 6.18. The molecular weight excluding hydrogens is 208 g/mol. The predicted molar refractivity (Wildman–Crippen MR) is 75.5 cm³/mol. The maximum absolute atomic E-state index is 3.34. The molecule has 0 aromatic heterocycles. The zero-order chi connectivity index (χ0) is 12.9. The van der Waals surface area contributed by atoms with Crippen LogP contribution >= 0.6 is 0 Å². The molecule has 0 saturated heterocycles. The summed E-state index contributed by atoms with van der Waals surface area (Å²) in [5, 5.41) is 3.34. The largest absolute Gasteiger partial charge is 0.314 e. The summed E-state index contributed by atoms with van der Waals surface area (Å²) in [6.45, 7) is 8.79. The summed E-state index contributed by atoms with van der Waals surface area (Å²) in [5.74, 6) is 0. The molecule has 0 unspecified atom stereocenters. The summed E-state index contributed by atoms with van der Waals surface area (Å²) in [6.07, 6.45) is 1.12. The maximum atomic E-state index is 3.34. The van der Waals surface area contributed by atoms with Gasteiger partial charge < -0.3 is 10.2 Å². The van der Waals surface area contributed by atoms with E-state index in [-0.39, 0.29) is 5.54 Å². The van der Waals surface area contributed by atoms with E-state index in [0.717, 1.165) is 19.5 Å². The fraction of sp³-hybridized carbons (Fsp3) is 0.600. The van der Waals surface area contributed by atoms with Crippen LogP contribution in [-0.2, 0) is 6.42 Å². The van der Waals surface area contributed by atoms with E-state index in [1.54, 1.807) is 0 Å². The van der Waals surface area contributed by atoms with Crippen LogP contribution in [0.3, 0.4) is 0 Å². The Morgan fingerprint density at radius 2 is 2.00 bits per heavy atom. The van der Waals surface area contributed by atoms with Gasteiger partial charge in [-0.3, -0.25) is 0 Å². The highest BCUT2D eigenvalue weighted by molar-refractivity contribution is 5.22. The smallest absolute Gasteiger partial charge is 0.0249 e. The highest BCUT2D eigenvalue weighted by atomic mass is 15.1. The van der Waals surface area contributed by atoms with Crippen LogP contribution in [0.15, 0.2) is 24.3 Å². The monoisotopic (exact) mass is 234 g/mol. The van der Waals surface area contributed by atoms with Gasteiger partial charge in [-0.05, 0) is 46.9 Å². The third-order valence-corrected chi connectivity index (χ3v) is 3.21. The lowest BCUT2D eigenvalue weighted by molar-refractivity contribution is 0.246. The van der Waals surface area contributed by atoms with E-state index in [2.05, 4.69) is 62.3 Å². The standard InChI is InChI=1S/C15H26N2/c1-13-7-6-8-14(11-13)9-10-17(5)12-15(2,3)16-4/h6-8,11,16H,9-10,12H2,1-5H3. The average Bonchev–Trinajstić information content (AvgIpc) is 2.26. The highest BCUT2D eigenvalue weighted by Gasteiger charge is 2.16. The van der Waals surface area contributed by atoms with Crippen molar-refractivity contribution < 1.29 is 0 Å². The summed E-state index contributed by atoms with van der Waals surface area (Å²) < 4.78 is 0. The van der Waals surface area contributed by atoms with Crippen LogP contribution in [0.4, 0.5) is 0 Å². The lowest BCUT2D eigenvalue weighted by atomic mass is 10.0. The molecule has 96 valence electrons. The first-order valence-electron chi connectivity index (χ1n) is 6.36. The van der Waals surface area contributed by atoms with Crippen LogP contribution in [0, 0.1) is 6.92 Å². The molecule has 1 rings (SSSR count). The van der Waals surface area contributed by atoms with Crippen LogP contribution in [-0.4, -0.2) is 37.6 Å². The Morgan fingerprint density at radius 3 is 2.59 bits per heavy atom. The molecule has 17 heavy (non-hydrogen) atoms. The normalized spacial score (nSPS) is 12.1. The number of aryl methyl sites for hydroxylation is 1. The summed E-state index contributed by atoms with van der Waals surface area (Å²) in [4.78, 5) is 2.39. The minimum Gasteiger partial charge on any atom is -0.314 e. The van der Waals surface area contributed by atoms with Crippen LogP contribution in [0.25, 0.3) is 0 Å². The molecule has 1 aromatic rings. The van der Waals surface area contributed by atoms with Crippen molar-refractivity contribution in [1.29, 1.82) is 0 Å². The minimum atomic E-state index is 0.182. The van der Waals surface area contributed by atoms with E-state index >= 15 is 0 Å². The molecule has 1 aromatic carbocycles.